The van der Waals surface area contributed by atoms with Crippen molar-refractivity contribution in [3.63, 3.8) is 0 Å². The van der Waals surface area contributed by atoms with Crippen molar-refractivity contribution in [2.45, 2.75) is 104 Å². The third-order valence-corrected chi connectivity index (χ3v) is 17.9. The third kappa shape index (κ3) is 17.6. The van der Waals surface area contributed by atoms with Gasteiger partial charge in [0.15, 0.2) is 5.78 Å². The molecule has 6 N–H and O–H groups in total. The molecule has 0 fully saturated rings. The van der Waals surface area contributed by atoms with E-state index in [0.29, 0.717) is 37.7 Å². The van der Waals surface area contributed by atoms with Gasteiger partial charge in [-0.15, -0.1) is 0 Å². The van der Waals surface area contributed by atoms with Crippen LogP contribution in [-0.4, -0.2) is 68.9 Å². The number of esters is 1. The van der Waals surface area contributed by atoms with Crippen molar-refractivity contribution in [2.75, 3.05) is 19.8 Å². The summed E-state index contributed by atoms with van der Waals surface area (Å²) in [4.78, 5) is 71.1. The van der Waals surface area contributed by atoms with Crippen LogP contribution in [0.1, 0.15) is 129 Å². The Hall–Kier alpha value is -10.4. The van der Waals surface area contributed by atoms with E-state index < -0.39 is 35.4 Å². The zero-order chi connectivity index (χ0) is 65.5. The number of benzene rings is 8. The molecule has 3 aliphatic rings. The van der Waals surface area contributed by atoms with Crippen LogP contribution in [0.15, 0.2) is 243 Å². The number of ketones is 1. The van der Waals surface area contributed by atoms with E-state index in [0.717, 1.165) is 79.9 Å². The molecule has 14 heteroatoms. The van der Waals surface area contributed by atoms with Gasteiger partial charge in [0.05, 0.1) is 86.1 Å². The molecule has 2 heterocycles. The van der Waals surface area contributed by atoms with Gasteiger partial charge in [0.25, 0.3) is 0 Å². The number of amides is 2. The van der Waals surface area contributed by atoms with E-state index in [4.69, 9.17) is 24.9 Å². The monoisotopic (exact) mass is 1290 g/mol. The van der Waals surface area contributed by atoms with Crippen molar-refractivity contribution in [3.8, 4) is 33.6 Å². The number of hydrogen-bond acceptors (Lipinski definition) is 10. The summed E-state index contributed by atoms with van der Waals surface area (Å²) in [5, 5.41) is 6.49. The Bertz CT molecular complexity index is 4280. The van der Waals surface area contributed by atoms with Crippen molar-refractivity contribution in [3.05, 3.63) is 299 Å². The number of nitrogens with two attached hydrogens (primary N) is 1. The van der Waals surface area contributed by atoms with E-state index in [-0.39, 0.29) is 71.0 Å². The van der Waals surface area contributed by atoms with Gasteiger partial charge in [0.1, 0.15) is 18.3 Å². The molecular weight excluding hydrogens is 1210 g/mol. The summed E-state index contributed by atoms with van der Waals surface area (Å²) in [6.07, 6.45) is 10.7. The predicted octanol–water partition coefficient (Wildman–Crippen LogP) is 15.9. The Morgan fingerprint density at radius 3 is 1.32 bits per heavy atom. The Kier molecular flexibility index (Phi) is 23.5. The van der Waals surface area contributed by atoms with Crippen LogP contribution in [0, 0.1) is 11.8 Å². The van der Waals surface area contributed by atoms with Crippen molar-refractivity contribution < 1.29 is 33.4 Å². The summed E-state index contributed by atoms with van der Waals surface area (Å²) in [6, 6.07) is 71.8. The molecule has 97 heavy (non-hydrogen) atoms. The van der Waals surface area contributed by atoms with Crippen LogP contribution in [0.3, 0.4) is 0 Å². The SMILES string of the molecule is C.C.CC(C)(N)C(=O)C[C@H](COCc1ccccc1)C(=O)N[C@H](CC1=CCc2ccccc21)c1ncc(-c2ccccc2)[nH]1.O=C(C[C@H](COCc1ccccc1)C(=O)N[C@H](CC1=CCc2ccccc21)c1ncc(-c2ccccc2)[nH]1)OCC1c2ccccc2-c2ccccc21. The maximum atomic E-state index is 14.3. The quantitative estimate of drug-likeness (QED) is 0.0308. The molecule has 0 unspecified atom stereocenters. The second kappa shape index (κ2) is 32.8. The smallest absolute Gasteiger partial charge is 0.306 e. The fourth-order valence-corrected chi connectivity index (χ4v) is 12.7. The van der Waals surface area contributed by atoms with Gasteiger partial charge in [-0.25, -0.2) is 9.97 Å². The van der Waals surface area contributed by atoms with Gasteiger partial charge in [0.2, 0.25) is 11.8 Å². The van der Waals surface area contributed by atoms with Gasteiger partial charge in [-0.3, -0.25) is 19.2 Å². The number of fused-ring (bicyclic) bond motifs is 5. The number of aromatic amines is 2. The maximum absolute atomic E-state index is 14.3. The van der Waals surface area contributed by atoms with Crippen LogP contribution < -0.4 is 16.4 Å². The standard InChI is InChI=1S/C46H41N3O4.C35H38N4O3.2CH4/c50-44(53-30-41-39-21-11-9-19-37(39)38-20-10-12-22-40(38)41)26-35(29-52-28-31-13-3-1-4-14-31)46(51)49-42(25-34-24-23-32-15-7-8-18-36(32)34)45-47-27-43(48-45)33-16-5-2-6-17-33;1-35(2,36)32(40)20-28(23-42-22-24-11-5-3-6-12-24)34(41)39-30(19-27-18-17-25-13-9-10-16-29(25)27)33-37-21-31(38-33)26-14-7-4-8-15-26;;/h1-22,24,27,35,41-42H,23,25-26,28-30H2,(H,47,48)(H,49,51);3-16,18,21,28,30H,17,19-20,22-23,36H2,1-2H3,(H,37,38)(H,39,41);2*1H4/t35-,42-;28-,30-;;/m11../s1. The fourth-order valence-electron chi connectivity index (χ4n) is 12.7. The lowest BCUT2D eigenvalue weighted by molar-refractivity contribution is -0.148. The molecule has 0 aliphatic heterocycles. The molecule has 0 bridgehead atoms. The van der Waals surface area contributed by atoms with E-state index in [1.165, 1.54) is 22.3 Å². The summed E-state index contributed by atoms with van der Waals surface area (Å²) in [6.45, 7) is 4.32. The molecule has 13 rings (SSSR count). The van der Waals surface area contributed by atoms with Crippen LogP contribution in [0.5, 0.6) is 0 Å². The predicted molar refractivity (Wildman–Crippen MR) is 385 cm³/mol. The molecule has 2 aromatic heterocycles. The first-order chi connectivity index (χ1) is 46.4. The number of imidazole rings is 2. The molecule has 0 saturated carbocycles. The van der Waals surface area contributed by atoms with Crippen LogP contribution in [0.4, 0.5) is 0 Å². The number of ether oxygens (including phenoxy) is 3. The average Bonchev–Trinajstić information content (AvgIpc) is 1.63. The minimum Gasteiger partial charge on any atom is -0.465 e. The molecule has 0 saturated heterocycles. The highest BCUT2D eigenvalue weighted by Gasteiger charge is 2.34. The highest BCUT2D eigenvalue weighted by Crippen LogP contribution is 2.45. The molecule has 14 nitrogen and oxygen atoms in total. The van der Waals surface area contributed by atoms with Crippen LogP contribution in [0.2, 0.25) is 0 Å². The molecule has 10 aromatic rings. The number of carbonyl (C=O) groups excluding carboxylic acids is 4. The van der Waals surface area contributed by atoms with Crippen molar-refractivity contribution in [1.29, 1.82) is 0 Å². The first kappa shape index (κ1) is 69.4. The average molecular weight is 1290 g/mol. The second-order valence-electron chi connectivity index (χ2n) is 25.2. The highest BCUT2D eigenvalue weighted by molar-refractivity contribution is 5.92. The summed E-state index contributed by atoms with van der Waals surface area (Å²) in [7, 11) is 0. The lowest BCUT2D eigenvalue weighted by Crippen LogP contribution is -2.45. The normalized spacial score (nSPS) is 13.8. The van der Waals surface area contributed by atoms with Gasteiger partial charge in [-0.2, -0.15) is 0 Å². The molecule has 4 atom stereocenters. The van der Waals surface area contributed by atoms with Crippen molar-refractivity contribution in [2.24, 2.45) is 17.6 Å². The number of allylic oxidation sites excluding steroid dienone is 2. The minimum atomic E-state index is -1.05. The van der Waals surface area contributed by atoms with E-state index >= 15 is 0 Å². The lowest BCUT2D eigenvalue weighted by Gasteiger charge is -2.24. The van der Waals surface area contributed by atoms with Gasteiger partial charge in [0, 0.05) is 25.2 Å². The number of hydrogen-bond donors (Lipinski definition) is 5. The lowest BCUT2D eigenvalue weighted by atomic mass is 9.91. The number of H-pyrrole nitrogens is 2. The molecule has 0 spiro atoms. The molecular formula is C83H87N7O7. The number of carbonyl (C=O) groups is 4. The van der Waals surface area contributed by atoms with Crippen molar-refractivity contribution in [1.82, 2.24) is 30.6 Å². The van der Waals surface area contributed by atoms with Gasteiger partial charge in [-0.1, -0.05) is 245 Å². The number of aromatic nitrogens is 4. The molecule has 0 radical (unpaired) electrons. The number of Topliss-reactive ketones (excluding diaryl/α,β-unsaturated/α-hetero) is 1. The summed E-state index contributed by atoms with van der Waals surface area (Å²) in [5.74, 6) is -1.46. The Morgan fingerprint density at radius 1 is 0.505 bits per heavy atom. The largest absolute Gasteiger partial charge is 0.465 e. The summed E-state index contributed by atoms with van der Waals surface area (Å²) < 4.78 is 18.0. The van der Waals surface area contributed by atoms with Crippen LogP contribution in [0.25, 0.3) is 44.8 Å². The Morgan fingerprint density at radius 2 is 0.887 bits per heavy atom. The van der Waals surface area contributed by atoms with E-state index in [1.54, 1.807) is 26.2 Å². The third-order valence-electron chi connectivity index (χ3n) is 17.9. The van der Waals surface area contributed by atoms with Crippen LogP contribution in [-0.2, 0) is 59.4 Å². The first-order valence-corrected chi connectivity index (χ1v) is 32.6. The Balaban J connectivity index is 0.000000212. The first-order valence-electron chi connectivity index (χ1n) is 32.6. The van der Waals surface area contributed by atoms with E-state index in [2.05, 4.69) is 92.3 Å². The van der Waals surface area contributed by atoms with Gasteiger partial charge < -0.3 is 40.5 Å². The van der Waals surface area contributed by atoms with Gasteiger partial charge >= 0.3 is 5.97 Å². The zero-order valence-electron chi connectivity index (χ0n) is 53.6. The molecule has 2 amide bonds. The maximum Gasteiger partial charge on any atom is 0.306 e. The number of nitrogens with zero attached hydrogens (tertiary/aromatic N) is 2. The minimum absolute atomic E-state index is 0. The second-order valence-corrected chi connectivity index (χ2v) is 25.2. The number of rotatable bonds is 27. The summed E-state index contributed by atoms with van der Waals surface area (Å²) >= 11 is 0. The fraction of sp³-hybridized carbons (Fsp3) is 0.253. The topological polar surface area (TPSA) is 203 Å². The molecule has 3 aliphatic carbocycles. The van der Waals surface area contributed by atoms with E-state index in [1.807, 2.05) is 164 Å². The van der Waals surface area contributed by atoms with Crippen LogP contribution >= 0.6 is 0 Å². The number of nitrogens with one attached hydrogen (secondary N) is 4. The molecule has 496 valence electrons. The Labute approximate surface area is 569 Å². The summed E-state index contributed by atoms with van der Waals surface area (Å²) in [5.41, 5.74) is 22.6. The highest BCUT2D eigenvalue weighted by atomic mass is 16.5. The molecule has 8 aromatic carbocycles. The van der Waals surface area contributed by atoms with E-state index in [9.17, 15) is 19.2 Å². The van der Waals surface area contributed by atoms with Gasteiger partial charge in [-0.05, 0) is 105 Å². The zero-order valence-corrected chi connectivity index (χ0v) is 53.6. The van der Waals surface area contributed by atoms with Crippen molar-refractivity contribution >= 4 is 34.7 Å².